The molecule has 33 heavy (non-hydrogen) atoms. The van der Waals surface area contributed by atoms with E-state index in [0.717, 1.165) is 21.7 Å². The summed E-state index contributed by atoms with van der Waals surface area (Å²) in [7, 11) is 0. The largest absolute Gasteiger partial charge is 0.494 e. The maximum Gasteiger partial charge on any atom is 0.264 e. The third-order valence-corrected chi connectivity index (χ3v) is 5.99. The van der Waals surface area contributed by atoms with Crippen LogP contribution >= 0.6 is 11.3 Å². The van der Waals surface area contributed by atoms with Crippen LogP contribution in [0.4, 0.5) is 5.13 Å². The van der Waals surface area contributed by atoms with Crippen molar-refractivity contribution in [3.05, 3.63) is 71.4 Å². The lowest BCUT2D eigenvalue weighted by Crippen LogP contribution is -2.23. The zero-order chi connectivity index (χ0) is 22.8. The molecule has 3 heterocycles. The standard InChI is InChI=1S/C23H20N6O3S/c1-2-32-16-8-9-18-19(12-16)33-23(26-18)27-20(30)10-11-28-14-24-21-17(22(28)31)13-25-29(21)15-6-4-3-5-7-15/h3-9,12-14H,2,10-11H2,1H3,(H,26,27,30). The van der Waals surface area contributed by atoms with Crippen LogP contribution < -0.4 is 15.6 Å². The lowest BCUT2D eigenvalue weighted by Gasteiger charge is -2.06. The highest BCUT2D eigenvalue weighted by atomic mass is 32.1. The Labute approximate surface area is 192 Å². The Balaban J connectivity index is 1.28. The topological polar surface area (TPSA) is 104 Å². The van der Waals surface area contributed by atoms with E-state index in [2.05, 4.69) is 20.4 Å². The van der Waals surface area contributed by atoms with Crippen LogP contribution in [0.1, 0.15) is 13.3 Å². The fraction of sp³-hybridized carbons (Fsp3) is 0.174. The number of carbonyl (C=O) groups is 1. The molecule has 0 radical (unpaired) electrons. The molecule has 3 aromatic heterocycles. The highest BCUT2D eigenvalue weighted by molar-refractivity contribution is 7.22. The number of hydrogen-bond donors (Lipinski definition) is 1. The first kappa shape index (κ1) is 20.8. The molecule has 10 heteroatoms. The van der Waals surface area contributed by atoms with Crippen molar-refractivity contribution in [1.82, 2.24) is 24.3 Å². The minimum absolute atomic E-state index is 0.111. The van der Waals surface area contributed by atoms with Crippen molar-refractivity contribution in [2.24, 2.45) is 0 Å². The first-order valence-electron chi connectivity index (χ1n) is 10.4. The van der Waals surface area contributed by atoms with Gasteiger partial charge in [0.2, 0.25) is 5.91 Å². The molecule has 0 saturated heterocycles. The summed E-state index contributed by atoms with van der Waals surface area (Å²) in [5.41, 5.74) is 1.85. The molecule has 0 fully saturated rings. The Bertz CT molecular complexity index is 1510. The molecule has 166 valence electrons. The van der Waals surface area contributed by atoms with Crippen LogP contribution in [0.25, 0.3) is 26.9 Å². The van der Waals surface area contributed by atoms with Crippen molar-refractivity contribution < 1.29 is 9.53 Å². The summed E-state index contributed by atoms with van der Waals surface area (Å²) < 4.78 is 9.48. The fourth-order valence-electron chi connectivity index (χ4n) is 3.48. The molecule has 0 atom stereocenters. The molecule has 1 amide bonds. The molecule has 0 spiro atoms. The predicted molar refractivity (Wildman–Crippen MR) is 127 cm³/mol. The van der Waals surface area contributed by atoms with E-state index in [9.17, 15) is 9.59 Å². The van der Waals surface area contributed by atoms with E-state index >= 15 is 0 Å². The molecule has 0 aliphatic heterocycles. The van der Waals surface area contributed by atoms with Crippen LogP contribution in [0, 0.1) is 0 Å². The number of nitrogens with one attached hydrogen (secondary N) is 1. The predicted octanol–water partition coefficient (Wildman–Crippen LogP) is 3.62. The molecular formula is C23H20N6O3S. The number of para-hydroxylation sites is 1. The van der Waals surface area contributed by atoms with Crippen molar-refractivity contribution in [3.8, 4) is 11.4 Å². The number of aryl methyl sites for hydroxylation is 1. The number of aromatic nitrogens is 5. The van der Waals surface area contributed by atoms with Gasteiger partial charge in [-0.05, 0) is 37.3 Å². The van der Waals surface area contributed by atoms with E-state index < -0.39 is 0 Å². The maximum atomic E-state index is 12.9. The number of carbonyl (C=O) groups excluding carboxylic acids is 1. The van der Waals surface area contributed by atoms with Crippen molar-refractivity contribution in [1.29, 1.82) is 0 Å². The highest BCUT2D eigenvalue weighted by Gasteiger charge is 2.13. The molecule has 0 saturated carbocycles. The van der Waals surface area contributed by atoms with Crippen LogP contribution in [0.2, 0.25) is 0 Å². The van der Waals surface area contributed by atoms with Gasteiger partial charge in [-0.2, -0.15) is 5.10 Å². The van der Waals surface area contributed by atoms with Crippen LogP contribution in [0.3, 0.4) is 0 Å². The third-order valence-electron chi connectivity index (χ3n) is 5.05. The van der Waals surface area contributed by atoms with Gasteiger partial charge in [-0.25, -0.2) is 14.6 Å². The minimum Gasteiger partial charge on any atom is -0.494 e. The van der Waals surface area contributed by atoms with Crippen molar-refractivity contribution >= 4 is 43.6 Å². The zero-order valence-corrected chi connectivity index (χ0v) is 18.6. The molecule has 2 aromatic carbocycles. The van der Waals surface area contributed by atoms with Crippen molar-refractivity contribution in [2.75, 3.05) is 11.9 Å². The summed E-state index contributed by atoms with van der Waals surface area (Å²) in [6.45, 7) is 2.71. The number of ether oxygens (including phenoxy) is 1. The zero-order valence-electron chi connectivity index (χ0n) is 17.8. The lowest BCUT2D eigenvalue weighted by atomic mass is 10.3. The smallest absolute Gasteiger partial charge is 0.264 e. The van der Waals surface area contributed by atoms with Crippen LogP contribution in [0.15, 0.2) is 65.8 Å². The number of thiazole rings is 1. The van der Waals surface area contributed by atoms with Gasteiger partial charge in [-0.3, -0.25) is 14.2 Å². The molecule has 0 bridgehead atoms. The van der Waals surface area contributed by atoms with Crippen molar-refractivity contribution in [3.63, 3.8) is 0 Å². The molecule has 0 aliphatic carbocycles. The number of amides is 1. The minimum atomic E-state index is -0.238. The Hall–Kier alpha value is -4.05. The van der Waals surface area contributed by atoms with E-state index in [1.54, 1.807) is 4.68 Å². The number of anilines is 1. The Morgan fingerprint density at radius 2 is 2.03 bits per heavy atom. The number of benzene rings is 2. The molecule has 0 aliphatic rings. The molecule has 0 unspecified atom stereocenters. The van der Waals surface area contributed by atoms with Gasteiger partial charge < -0.3 is 10.1 Å². The fourth-order valence-corrected chi connectivity index (χ4v) is 4.40. The van der Waals surface area contributed by atoms with Gasteiger partial charge in [0.1, 0.15) is 11.1 Å². The second kappa shape index (κ2) is 8.83. The van der Waals surface area contributed by atoms with Gasteiger partial charge >= 0.3 is 0 Å². The van der Waals surface area contributed by atoms with Gasteiger partial charge in [-0.1, -0.05) is 29.5 Å². The first-order valence-corrected chi connectivity index (χ1v) is 11.3. The van der Waals surface area contributed by atoms with Gasteiger partial charge in [0.05, 0.1) is 35.0 Å². The summed E-state index contributed by atoms with van der Waals surface area (Å²) >= 11 is 1.38. The molecule has 5 aromatic rings. The maximum absolute atomic E-state index is 12.9. The summed E-state index contributed by atoms with van der Waals surface area (Å²) in [5, 5.41) is 8.02. The average Bonchev–Trinajstić information content (AvgIpc) is 3.43. The number of hydrogen-bond acceptors (Lipinski definition) is 7. The molecule has 1 N–H and O–H groups in total. The third kappa shape index (κ3) is 4.20. The van der Waals surface area contributed by atoms with E-state index in [0.29, 0.717) is 22.8 Å². The first-order chi connectivity index (χ1) is 16.1. The van der Waals surface area contributed by atoms with Gasteiger partial charge in [0.15, 0.2) is 10.8 Å². The van der Waals surface area contributed by atoms with E-state index in [1.165, 1.54) is 28.4 Å². The monoisotopic (exact) mass is 460 g/mol. The molecule has 5 rings (SSSR count). The summed E-state index contributed by atoms with van der Waals surface area (Å²) in [6, 6.07) is 15.1. The second-order valence-corrected chi connectivity index (χ2v) is 8.28. The van der Waals surface area contributed by atoms with Crippen LogP contribution in [-0.2, 0) is 11.3 Å². The number of nitrogens with zero attached hydrogens (tertiary/aromatic N) is 5. The Morgan fingerprint density at radius 1 is 1.18 bits per heavy atom. The lowest BCUT2D eigenvalue weighted by molar-refractivity contribution is -0.116. The number of fused-ring (bicyclic) bond motifs is 2. The van der Waals surface area contributed by atoms with E-state index in [1.807, 2.05) is 55.5 Å². The quantitative estimate of drug-likeness (QED) is 0.398. The normalized spacial score (nSPS) is 11.2. The highest BCUT2D eigenvalue weighted by Crippen LogP contribution is 2.29. The molecular weight excluding hydrogens is 440 g/mol. The number of rotatable bonds is 7. The van der Waals surface area contributed by atoms with E-state index in [-0.39, 0.29) is 24.4 Å². The van der Waals surface area contributed by atoms with Gasteiger partial charge in [0, 0.05) is 13.0 Å². The Morgan fingerprint density at radius 3 is 2.85 bits per heavy atom. The van der Waals surface area contributed by atoms with Crippen LogP contribution in [0.5, 0.6) is 5.75 Å². The second-order valence-electron chi connectivity index (χ2n) is 7.25. The molecule has 9 nitrogen and oxygen atoms in total. The van der Waals surface area contributed by atoms with Crippen LogP contribution in [-0.4, -0.2) is 36.8 Å². The Kier molecular flexibility index (Phi) is 5.57. The van der Waals surface area contributed by atoms with E-state index in [4.69, 9.17) is 4.74 Å². The average molecular weight is 461 g/mol. The van der Waals surface area contributed by atoms with Gasteiger partial charge in [0.25, 0.3) is 5.56 Å². The van der Waals surface area contributed by atoms with Crippen molar-refractivity contribution in [2.45, 2.75) is 19.9 Å². The SMILES string of the molecule is CCOc1ccc2nc(NC(=O)CCn3cnc4c(cnn4-c4ccccc4)c3=O)sc2c1. The van der Waals surface area contributed by atoms with Gasteiger partial charge in [-0.15, -0.1) is 0 Å². The summed E-state index contributed by atoms with van der Waals surface area (Å²) in [4.78, 5) is 34.2. The summed E-state index contributed by atoms with van der Waals surface area (Å²) in [6.07, 6.45) is 3.07. The summed E-state index contributed by atoms with van der Waals surface area (Å²) in [5.74, 6) is 0.537.